The molecule has 2 aromatic rings. The second-order valence-corrected chi connectivity index (χ2v) is 3.07. The van der Waals surface area contributed by atoms with Crippen LogP contribution in [0, 0.1) is 0 Å². The van der Waals surface area contributed by atoms with E-state index in [9.17, 15) is 4.79 Å². The van der Waals surface area contributed by atoms with Crippen LogP contribution in [0.2, 0.25) is 0 Å². The fourth-order valence-electron chi connectivity index (χ4n) is 1.49. The number of benzene rings is 1. The second-order valence-electron chi connectivity index (χ2n) is 3.07. The number of aliphatic hydroxyl groups is 1. The van der Waals surface area contributed by atoms with Gasteiger partial charge in [0.05, 0.1) is 12.1 Å². The molecule has 1 heterocycles. The lowest BCUT2D eigenvalue weighted by molar-refractivity contribution is 0.273. The molecule has 14 heavy (non-hydrogen) atoms. The summed E-state index contributed by atoms with van der Waals surface area (Å²) in [6.07, 6.45) is 0. The number of aliphatic hydroxyl groups excluding tert-OH is 1. The van der Waals surface area contributed by atoms with E-state index >= 15 is 0 Å². The summed E-state index contributed by atoms with van der Waals surface area (Å²) in [6, 6.07) is 7.20. The molecule has 1 aromatic carbocycles. The smallest absolute Gasteiger partial charge is 0.213 e. The molecule has 72 valence electrons. The van der Waals surface area contributed by atoms with Crippen molar-refractivity contribution in [1.82, 2.24) is 9.78 Å². The first-order chi connectivity index (χ1) is 6.74. The first kappa shape index (κ1) is 8.90. The van der Waals surface area contributed by atoms with Crippen LogP contribution in [0.3, 0.4) is 0 Å². The zero-order chi connectivity index (χ0) is 10.1. The molecular weight excluding hydrogens is 180 g/mol. The molecule has 0 saturated carbocycles. The standard InChI is InChI=1S/C10H10N2O2/c1-12-9-5-3-2-4-7(9)10(14)8(6-13)11-12/h2-5,13H,6H2,1H3. The predicted molar refractivity (Wildman–Crippen MR) is 52.9 cm³/mol. The zero-order valence-corrected chi connectivity index (χ0v) is 7.77. The molecule has 0 bridgehead atoms. The van der Waals surface area contributed by atoms with Crippen molar-refractivity contribution in [2.24, 2.45) is 7.05 Å². The van der Waals surface area contributed by atoms with Crippen molar-refractivity contribution < 1.29 is 5.11 Å². The Morgan fingerprint density at radius 1 is 1.43 bits per heavy atom. The maximum Gasteiger partial charge on any atom is 0.213 e. The lowest BCUT2D eigenvalue weighted by Crippen LogP contribution is -2.17. The molecule has 0 aliphatic rings. The number of fused-ring (bicyclic) bond motifs is 1. The quantitative estimate of drug-likeness (QED) is 0.709. The van der Waals surface area contributed by atoms with Gasteiger partial charge in [0.2, 0.25) is 5.43 Å². The number of hydrogen-bond acceptors (Lipinski definition) is 3. The highest BCUT2D eigenvalue weighted by Gasteiger charge is 2.06. The number of para-hydroxylation sites is 1. The summed E-state index contributed by atoms with van der Waals surface area (Å²) in [5.41, 5.74) is 0.766. The molecule has 0 atom stereocenters. The van der Waals surface area contributed by atoms with E-state index in [1.165, 1.54) is 0 Å². The third kappa shape index (κ3) is 1.20. The number of aryl methyl sites for hydroxylation is 1. The minimum absolute atomic E-state index is 0.186. The first-order valence-corrected chi connectivity index (χ1v) is 4.30. The maximum absolute atomic E-state index is 11.7. The van der Waals surface area contributed by atoms with E-state index in [-0.39, 0.29) is 17.7 Å². The summed E-state index contributed by atoms with van der Waals surface area (Å²) in [4.78, 5) is 11.7. The van der Waals surface area contributed by atoms with E-state index in [0.29, 0.717) is 5.39 Å². The molecule has 0 aliphatic heterocycles. The molecule has 0 amide bonds. The van der Waals surface area contributed by atoms with Crippen LogP contribution in [0.15, 0.2) is 29.1 Å². The highest BCUT2D eigenvalue weighted by atomic mass is 16.3. The van der Waals surface area contributed by atoms with Gasteiger partial charge in [-0.2, -0.15) is 5.10 Å². The largest absolute Gasteiger partial charge is 0.390 e. The van der Waals surface area contributed by atoms with Gasteiger partial charge in [-0.05, 0) is 12.1 Å². The molecule has 0 spiro atoms. The predicted octanol–water partition coefficient (Wildman–Crippen LogP) is 0.426. The van der Waals surface area contributed by atoms with E-state index in [0.717, 1.165) is 5.52 Å². The monoisotopic (exact) mass is 190 g/mol. The Balaban J connectivity index is 2.95. The summed E-state index contributed by atoms with van der Waals surface area (Å²) < 4.78 is 1.60. The topological polar surface area (TPSA) is 55.1 Å². The van der Waals surface area contributed by atoms with Crippen LogP contribution < -0.4 is 5.43 Å². The minimum Gasteiger partial charge on any atom is -0.390 e. The first-order valence-electron chi connectivity index (χ1n) is 4.30. The normalized spacial score (nSPS) is 10.7. The molecule has 4 nitrogen and oxygen atoms in total. The average molecular weight is 190 g/mol. The van der Waals surface area contributed by atoms with E-state index in [1.807, 2.05) is 12.1 Å². The van der Waals surface area contributed by atoms with Crippen LogP contribution >= 0.6 is 0 Å². The number of nitrogens with zero attached hydrogens (tertiary/aromatic N) is 2. The van der Waals surface area contributed by atoms with Gasteiger partial charge < -0.3 is 5.11 Å². The van der Waals surface area contributed by atoms with Crippen molar-refractivity contribution in [3.05, 3.63) is 40.2 Å². The maximum atomic E-state index is 11.7. The van der Waals surface area contributed by atoms with E-state index in [4.69, 9.17) is 5.11 Å². The van der Waals surface area contributed by atoms with E-state index < -0.39 is 0 Å². The van der Waals surface area contributed by atoms with Crippen molar-refractivity contribution in [2.75, 3.05) is 0 Å². The lowest BCUT2D eigenvalue weighted by Gasteiger charge is -2.05. The molecule has 0 aliphatic carbocycles. The Hall–Kier alpha value is -1.68. The Bertz CT molecular complexity index is 531. The third-order valence-electron chi connectivity index (χ3n) is 2.18. The third-order valence-corrected chi connectivity index (χ3v) is 2.18. The van der Waals surface area contributed by atoms with Crippen molar-refractivity contribution in [1.29, 1.82) is 0 Å². The molecule has 0 fully saturated rings. The van der Waals surface area contributed by atoms with E-state index in [1.54, 1.807) is 23.9 Å². The van der Waals surface area contributed by atoms with Crippen molar-refractivity contribution in [3.63, 3.8) is 0 Å². The van der Waals surface area contributed by atoms with Gasteiger partial charge in [0.15, 0.2) is 0 Å². The Morgan fingerprint density at radius 2 is 2.14 bits per heavy atom. The Morgan fingerprint density at radius 3 is 2.86 bits per heavy atom. The molecule has 0 unspecified atom stereocenters. The summed E-state index contributed by atoms with van der Waals surface area (Å²) in [6.45, 7) is -0.322. The molecule has 4 heteroatoms. The van der Waals surface area contributed by atoms with Gasteiger partial charge in [-0.25, -0.2) is 0 Å². The minimum atomic E-state index is -0.322. The van der Waals surface area contributed by atoms with Gasteiger partial charge >= 0.3 is 0 Å². The summed E-state index contributed by atoms with van der Waals surface area (Å²) in [5.74, 6) is 0. The van der Waals surface area contributed by atoms with Crippen molar-refractivity contribution >= 4 is 10.9 Å². The molecular formula is C10H10N2O2. The Labute approximate surface area is 80.4 Å². The number of hydrogen-bond donors (Lipinski definition) is 1. The van der Waals surface area contributed by atoms with Gasteiger partial charge in [0, 0.05) is 12.4 Å². The number of rotatable bonds is 1. The van der Waals surface area contributed by atoms with Crippen LogP contribution in [0.5, 0.6) is 0 Å². The van der Waals surface area contributed by atoms with Crippen LogP contribution in [0.25, 0.3) is 10.9 Å². The van der Waals surface area contributed by atoms with E-state index in [2.05, 4.69) is 5.10 Å². The molecule has 0 radical (unpaired) electrons. The summed E-state index contributed by atoms with van der Waals surface area (Å²) >= 11 is 0. The molecule has 0 saturated heterocycles. The fraction of sp³-hybridized carbons (Fsp3) is 0.200. The number of aromatic nitrogens is 2. The van der Waals surface area contributed by atoms with Crippen LogP contribution in [0.4, 0.5) is 0 Å². The van der Waals surface area contributed by atoms with Crippen molar-refractivity contribution in [2.45, 2.75) is 6.61 Å². The molecule has 2 rings (SSSR count). The van der Waals surface area contributed by atoms with Gasteiger partial charge in [0.1, 0.15) is 5.69 Å². The van der Waals surface area contributed by atoms with Gasteiger partial charge in [-0.15, -0.1) is 0 Å². The SMILES string of the molecule is Cn1nc(CO)c(=O)c2ccccc21. The fourth-order valence-corrected chi connectivity index (χ4v) is 1.49. The Kier molecular flexibility index (Phi) is 2.05. The van der Waals surface area contributed by atoms with Gasteiger partial charge in [0.25, 0.3) is 0 Å². The second kappa shape index (κ2) is 3.23. The highest BCUT2D eigenvalue weighted by Crippen LogP contribution is 2.07. The van der Waals surface area contributed by atoms with Crippen LogP contribution in [-0.4, -0.2) is 14.9 Å². The zero-order valence-electron chi connectivity index (χ0n) is 7.77. The lowest BCUT2D eigenvalue weighted by atomic mass is 10.2. The summed E-state index contributed by atoms with van der Waals surface area (Å²) in [7, 11) is 1.75. The molecule has 1 N–H and O–H groups in total. The van der Waals surface area contributed by atoms with Crippen molar-refractivity contribution in [3.8, 4) is 0 Å². The molecule has 1 aromatic heterocycles. The van der Waals surface area contributed by atoms with Gasteiger partial charge in [-0.3, -0.25) is 9.48 Å². The van der Waals surface area contributed by atoms with Crippen LogP contribution in [0.1, 0.15) is 5.69 Å². The van der Waals surface area contributed by atoms with Gasteiger partial charge in [-0.1, -0.05) is 12.1 Å². The van der Waals surface area contributed by atoms with Crippen LogP contribution in [-0.2, 0) is 13.7 Å². The summed E-state index contributed by atoms with van der Waals surface area (Å²) in [5, 5.41) is 13.5. The highest BCUT2D eigenvalue weighted by molar-refractivity contribution is 5.78. The average Bonchev–Trinajstić information content (AvgIpc) is 2.23.